The van der Waals surface area contributed by atoms with Crippen LogP contribution in [0.4, 0.5) is 0 Å². The number of ketones is 1. The molecule has 9 nitrogen and oxygen atoms in total. The van der Waals surface area contributed by atoms with Crippen molar-refractivity contribution < 1.29 is 29.1 Å². The summed E-state index contributed by atoms with van der Waals surface area (Å²) in [5.74, 6) is 0.407. The van der Waals surface area contributed by atoms with Crippen LogP contribution >= 0.6 is 0 Å². The van der Waals surface area contributed by atoms with E-state index in [0.717, 1.165) is 44.2 Å². The summed E-state index contributed by atoms with van der Waals surface area (Å²) in [4.78, 5) is 53.7. The Morgan fingerprint density at radius 3 is 2.50 bits per heavy atom. The zero-order chi connectivity index (χ0) is 29.2. The normalized spacial score (nSPS) is 35.3. The first kappa shape index (κ1) is 30.3. The average molecular weight is 558 g/mol. The van der Waals surface area contributed by atoms with Crippen LogP contribution in [0.5, 0.6) is 0 Å². The fourth-order valence-corrected chi connectivity index (χ4v) is 8.68. The van der Waals surface area contributed by atoms with E-state index in [9.17, 15) is 24.3 Å². The maximum absolute atomic E-state index is 12.4. The van der Waals surface area contributed by atoms with Crippen molar-refractivity contribution in [3.63, 3.8) is 0 Å². The summed E-state index contributed by atoms with van der Waals surface area (Å²) in [7, 11) is 0. The second-order valence-corrected chi connectivity index (χ2v) is 13.1. The van der Waals surface area contributed by atoms with Crippen molar-refractivity contribution in [2.75, 3.05) is 6.61 Å². The number of amides is 2. The third-order valence-corrected chi connectivity index (χ3v) is 10.8. The van der Waals surface area contributed by atoms with Gasteiger partial charge in [0.05, 0.1) is 5.71 Å². The summed E-state index contributed by atoms with van der Waals surface area (Å²) < 4.78 is 0. The molecule has 9 heteroatoms. The van der Waals surface area contributed by atoms with Crippen LogP contribution in [0.25, 0.3) is 0 Å². The van der Waals surface area contributed by atoms with E-state index in [1.807, 2.05) is 6.92 Å². The fourth-order valence-electron chi connectivity index (χ4n) is 8.68. The van der Waals surface area contributed by atoms with Crippen molar-refractivity contribution >= 4 is 29.3 Å². The molecule has 0 radical (unpaired) electrons. The molecule has 0 aromatic rings. The summed E-state index contributed by atoms with van der Waals surface area (Å²) in [6.07, 6.45) is 11.6. The molecule has 222 valence electrons. The van der Waals surface area contributed by atoms with Crippen LogP contribution in [0.3, 0.4) is 0 Å². The summed E-state index contributed by atoms with van der Waals surface area (Å²) in [6, 6.07) is -1.87. The van der Waals surface area contributed by atoms with Crippen LogP contribution in [0.15, 0.2) is 16.8 Å². The molecule has 0 bridgehead atoms. The van der Waals surface area contributed by atoms with E-state index >= 15 is 0 Å². The highest BCUT2D eigenvalue weighted by Gasteiger charge is 2.59. The number of carboxylic acids is 1. The van der Waals surface area contributed by atoms with E-state index in [1.165, 1.54) is 25.3 Å². The van der Waals surface area contributed by atoms with Crippen LogP contribution in [0.2, 0.25) is 0 Å². The lowest BCUT2D eigenvalue weighted by atomic mass is 9.46. The molecule has 2 amide bonds. The van der Waals surface area contributed by atoms with Gasteiger partial charge in [-0.3, -0.25) is 14.4 Å². The first-order valence-electron chi connectivity index (χ1n) is 15.1. The van der Waals surface area contributed by atoms with Crippen LogP contribution in [0.1, 0.15) is 98.8 Å². The number of carbonyl (C=O) groups is 4. The van der Waals surface area contributed by atoms with Crippen LogP contribution in [-0.2, 0) is 24.0 Å². The number of fused-ring (bicyclic) bond motifs is 5. The third-order valence-electron chi connectivity index (χ3n) is 10.8. The monoisotopic (exact) mass is 557 g/mol. The highest BCUT2D eigenvalue weighted by atomic mass is 16.6. The third kappa shape index (κ3) is 5.84. The van der Waals surface area contributed by atoms with Gasteiger partial charge in [-0.15, -0.1) is 0 Å². The van der Waals surface area contributed by atoms with Crippen molar-refractivity contribution in [1.29, 1.82) is 0 Å². The first-order valence-corrected chi connectivity index (χ1v) is 15.1. The Kier molecular flexibility index (Phi) is 9.10. The number of carboxylic acid groups (broad SMARTS) is 1. The van der Waals surface area contributed by atoms with Gasteiger partial charge in [-0.2, -0.15) is 0 Å². The van der Waals surface area contributed by atoms with Gasteiger partial charge in [0.25, 0.3) is 5.91 Å². The predicted octanol–water partition coefficient (Wildman–Crippen LogP) is 4.40. The van der Waals surface area contributed by atoms with E-state index < -0.39 is 29.9 Å². The van der Waals surface area contributed by atoms with Crippen molar-refractivity contribution in [2.24, 2.45) is 39.7 Å². The van der Waals surface area contributed by atoms with E-state index in [-0.39, 0.29) is 23.4 Å². The van der Waals surface area contributed by atoms with Gasteiger partial charge in [-0.05, 0) is 106 Å². The summed E-state index contributed by atoms with van der Waals surface area (Å²) >= 11 is 0. The molecule has 4 rings (SSSR count). The van der Waals surface area contributed by atoms with Gasteiger partial charge in [0.15, 0.2) is 6.61 Å². The number of nitrogens with zero attached hydrogens (tertiary/aromatic N) is 1. The molecule has 0 heterocycles. The lowest BCUT2D eigenvalue weighted by molar-refractivity contribution is -0.142. The predicted molar refractivity (Wildman–Crippen MR) is 151 cm³/mol. The Morgan fingerprint density at radius 1 is 1.07 bits per heavy atom. The molecule has 0 unspecified atom stereocenters. The van der Waals surface area contributed by atoms with Crippen molar-refractivity contribution in [3.8, 4) is 0 Å². The Balaban J connectivity index is 1.31. The molecular formula is C31H47N3O6. The number of Topliss-reactive ketones (excluding diaryl/α,β-unsaturated/α-hetero) is 1. The van der Waals surface area contributed by atoms with E-state index in [2.05, 4.69) is 35.7 Å². The number of hydrogen-bond donors (Lipinski definition) is 3. The topological polar surface area (TPSA) is 134 Å². The average Bonchev–Trinajstić information content (AvgIpc) is 3.26. The summed E-state index contributed by atoms with van der Waals surface area (Å²) in [5.41, 5.74) is 2.57. The highest BCUT2D eigenvalue weighted by molar-refractivity contribution is 5.96. The standard InChI is InChI=1S/C31H47N3O6/c1-6-7-26(29(38)39)33-28(37)18(2)32-27(36)17-40-34-21-12-14-30(4)20(16-21)8-9-22-24-11-10-23(19(3)35)31(24,5)15-13-25(22)30/h16,18,22-26H,6-15,17H2,1-5H3,(H,32,36)(H,33,37)(H,38,39)/t18-,22+,23+,24-,25+,26-,30-,31+/m0/s1. The van der Waals surface area contributed by atoms with Crippen LogP contribution < -0.4 is 10.6 Å². The fraction of sp³-hybridized carbons (Fsp3) is 0.774. The maximum Gasteiger partial charge on any atom is 0.326 e. The quantitative estimate of drug-likeness (QED) is 0.341. The van der Waals surface area contributed by atoms with Gasteiger partial charge < -0.3 is 20.6 Å². The van der Waals surface area contributed by atoms with E-state index in [4.69, 9.17) is 4.84 Å². The number of oxime groups is 1. The molecule has 4 aliphatic carbocycles. The number of aliphatic carboxylic acids is 1. The number of carbonyl (C=O) groups excluding carboxylic acids is 3. The van der Waals surface area contributed by atoms with Crippen LogP contribution in [0, 0.1) is 34.5 Å². The number of nitrogens with one attached hydrogen (secondary N) is 2. The lowest BCUT2D eigenvalue weighted by Gasteiger charge is -2.58. The van der Waals surface area contributed by atoms with Gasteiger partial charge in [-0.1, -0.05) is 37.9 Å². The van der Waals surface area contributed by atoms with Crippen molar-refractivity contribution in [2.45, 2.75) is 111 Å². The molecular weight excluding hydrogens is 510 g/mol. The van der Waals surface area contributed by atoms with Gasteiger partial charge in [0, 0.05) is 5.92 Å². The lowest BCUT2D eigenvalue weighted by Crippen LogP contribution is -2.51. The zero-order valence-electron chi connectivity index (χ0n) is 24.8. The maximum atomic E-state index is 12.4. The van der Waals surface area contributed by atoms with Gasteiger partial charge >= 0.3 is 5.97 Å². The molecule has 4 aliphatic rings. The second-order valence-electron chi connectivity index (χ2n) is 13.1. The molecule has 0 aromatic heterocycles. The second kappa shape index (κ2) is 12.0. The molecule has 0 spiro atoms. The van der Waals surface area contributed by atoms with Gasteiger partial charge in [0.2, 0.25) is 5.91 Å². The first-order chi connectivity index (χ1) is 18.9. The SMILES string of the molecule is CCC[C@H](NC(=O)[C@H](C)NC(=O)CON=C1C=C2CC[C@H]3[C@@H](CC[C@]4(C)[C@@H](C(C)=O)CC[C@@H]34)[C@@]2(C)CC1)C(=O)O. The van der Waals surface area contributed by atoms with E-state index in [0.29, 0.717) is 36.4 Å². The van der Waals surface area contributed by atoms with E-state index in [1.54, 1.807) is 6.92 Å². The summed E-state index contributed by atoms with van der Waals surface area (Å²) in [5, 5.41) is 18.5. The molecule has 40 heavy (non-hydrogen) atoms. The number of rotatable bonds is 10. The molecule has 8 atom stereocenters. The van der Waals surface area contributed by atoms with Crippen molar-refractivity contribution in [1.82, 2.24) is 10.6 Å². The Hall–Kier alpha value is -2.71. The molecule has 3 N–H and O–H groups in total. The number of allylic oxidation sites excluding steroid dienone is 2. The van der Waals surface area contributed by atoms with Gasteiger partial charge in [-0.25, -0.2) is 4.79 Å². The van der Waals surface area contributed by atoms with Gasteiger partial charge in [0.1, 0.15) is 17.9 Å². The minimum absolute atomic E-state index is 0.142. The van der Waals surface area contributed by atoms with Crippen LogP contribution in [-0.4, -0.2) is 53.1 Å². The highest BCUT2D eigenvalue weighted by Crippen LogP contribution is 2.66. The molecule has 0 aromatic carbocycles. The Labute approximate surface area is 237 Å². The largest absolute Gasteiger partial charge is 0.480 e. The molecule has 3 saturated carbocycles. The summed E-state index contributed by atoms with van der Waals surface area (Å²) in [6.45, 7) is 9.61. The minimum Gasteiger partial charge on any atom is -0.480 e. The minimum atomic E-state index is -1.10. The molecule has 0 aliphatic heterocycles. The molecule has 3 fully saturated rings. The zero-order valence-corrected chi connectivity index (χ0v) is 24.8. The molecule has 0 saturated heterocycles. The van der Waals surface area contributed by atoms with Crippen molar-refractivity contribution in [3.05, 3.63) is 11.6 Å². The number of hydrogen-bond acceptors (Lipinski definition) is 6. The smallest absolute Gasteiger partial charge is 0.326 e. The Bertz CT molecular complexity index is 1080. The Morgan fingerprint density at radius 2 is 1.82 bits per heavy atom.